The van der Waals surface area contributed by atoms with E-state index in [1.165, 1.54) is 20.2 Å². The molecule has 11 aromatic rings. The van der Waals surface area contributed by atoms with Crippen molar-refractivity contribution >= 4 is 75.3 Å². The first kappa shape index (κ1) is 28.2. The molecule has 0 unspecified atom stereocenters. The van der Waals surface area contributed by atoms with Gasteiger partial charge in [0.05, 0.1) is 10.9 Å². The molecule has 7 heteroatoms. The molecule has 0 aliphatic rings. The average molecular weight is 673 g/mol. The van der Waals surface area contributed by atoms with Crippen molar-refractivity contribution in [2.45, 2.75) is 0 Å². The van der Waals surface area contributed by atoms with Crippen LogP contribution in [-0.4, -0.2) is 19.9 Å². The van der Waals surface area contributed by atoms with Crippen LogP contribution in [0.4, 0.5) is 0 Å². The largest absolute Gasteiger partial charge is 0.455 e. The standard InChI is InChI=1S/C44H24N4O2S/c1-2-10-26(11-3-1)41-46-42(28-18-17-25-9-4-5-12-27(25)23-28)48-43(47-41)32-15-8-14-31-38-34(49-40(31)32)20-21-35-39(38)45-44(50-35)29-19-22-37-33(24-29)30-13-6-7-16-36(30)51-37/h1-24H. The van der Waals surface area contributed by atoms with Gasteiger partial charge in [0.2, 0.25) is 5.89 Å². The highest BCUT2D eigenvalue weighted by molar-refractivity contribution is 7.25. The first-order valence-corrected chi connectivity index (χ1v) is 17.5. The third-order valence-electron chi connectivity index (χ3n) is 9.56. The van der Waals surface area contributed by atoms with Crippen LogP contribution in [0.5, 0.6) is 0 Å². The molecule has 4 heterocycles. The molecule has 238 valence electrons. The maximum atomic E-state index is 6.62. The van der Waals surface area contributed by atoms with Crippen LogP contribution < -0.4 is 0 Å². The van der Waals surface area contributed by atoms with E-state index in [0.29, 0.717) is 34.5 Å². The molecular weight excluding hydrogens is 649 g/mol. The molecular formula is C44H24N4O2S. The Bertz CT molecular complexity index is 3160. The molecule has 6 nitrogen and oxygen atoms in total. The minimum Gasteiger partial charge on any atom is -0.455 e. The van der Waals surface area contributed by atoms with Gasteiger partial charge in [-0.3, -0.25) is 0 Å². The zero-order valence-corrected chi connectivity index (χ0v) is 27.7. The Kier molecular flexibility index (Phi) is 6.02. The predicted molar refractivity (Wildman–Crippen MR) is 207 cm³/mol. The molecule has 0 N–H and O–H groups in total. The average Bonchev–Trinajstić information content (AvgIpc) is 3.91. The fraction of sp³-hybridized carbons (Fsp3) is 0. The van der Waals surface area contributed by atoms with Crippen molar-refractivity contribution in [2.24, 2.45) is 0 Å². The number of oxazole rings is 1. The van der Waals surface area contributed by atoms with Crippen LogP contribution >= 0.6 is 11.3 Å². The van der Waals surface area contributed by atoms with Crippen LogP contribution in [-0.2, 0) is 0 Å². The molecule has 0 aliphatic carbocycles. The van der Waals surface area contributed by atoms with Gasteiger partial charge in [0, 0.05) is 42.2 Å². The van der Waals surface area contributed by atoms with Crippen molar-refractivity contribution in [1.82, 2.24) is 19.9 Å². The van der Waals surface area contributed by atoms with Gasteiger partial charge in [-0.25, -0.2) is 19.9 Å². The molecule has 0 atom stereocenters. The van der Waals surface area contributed by atoms with E-state index in [1.54, 1.807) is 11.3 Å². The smallest absolute Gasteiger partial charge is 0.227 e. The van der Waals surface area contributed by atoms with Crippen LogP contribution in [0, 0.1) is 0 Å². The number of aromatic nitrogens is 4. The quantitative estimate of drug-likeness (QED) is 0.185. The van der Waals surface area contributed by atoms with E-state index in [2.05, 4.69) is 78.9 Å². The first-order valence-electron chi connectivity index (χ1n) is 16.7. The second-order valence-electron chi connectivity index (χ2n) is 12.6. The third-order valence-corrected chi connectivity index (χ3v) is 10.7. The summed E-state index contributed by atoms with van der Waals surface area (Å²) in [7, 11) is 0. The summed E-state index contributed by atoms with van der Waals surface area (Å²) in [6.45, 7) is 0. The number of thiophene rings is 1. The lowest BCUT2D eigenvalue weighted by Crippen LogP contribution is -2.00. The van der Waals surface area contributed by atoms with Gasteiger partial charge >= 0.3 is 0 Å². The number of furan rings is 1. The van der Waals surface area contributed by atoms with Gasteiger partial charge in [0.1, 0.15) is 16.7 Å². The Morgan fingerprint density at radius 3 is 2.08 bits per heavy atom. The lowest BCUT2D eigenvalue weighted by atomic mass is 10.1. The fourth-order valence-electron chi connectivity index (χ4n) is 7.10. The van der Waals surface area contributed by atoms with Crippen molar-refractivity contribution < 1.29 is 8.83 Å². The van der Waals surface area contributed by atoms with Crippen LogP contribution in [0.1, 0.15) is 0 Å². The summed E-state index contributed by atoms with van der Waals surface area (Å²) >= 11 is 1.80. The van der Waals surface area contributed by atoms with E-state index in [1.807, 2.05) is 66.7 Å². The number of para-hydroxylation sites is 1. The number of hydrogen-bond donors (Lipinski definition) is 0. The Labute approximate surface area is 294 Å². The molecule has 0 spiro atoms. The van der Waals surface area contributed by atoms with E-state index in [9.17, 15) is 0 Å². The molecule has 51 heavy (non-hydrogen) atoms. The van der Waals surface area contributed by atoms with E-state index >= 15 is 0 Å². The summed E-state index contributed by atoms with van der Waals surface area (Å²) in [5.41, 5.74) is 6.39. The van der Waals surface area contributed by atoms with Crippen LogP contribution in [0.15, 0.2) is 154 Å². The monoisotopic (exact) mass is 672 g/mol. The van der Waals surface area contributed by atoms with Gasteiger partial charge in [-0.2, -0.15) is 0 Å². The van der Waals surface area contributed by atoms with Crippen LogP contribution in [0.3, 0.4) is 0 Å². The van der Waals surface area contributed by atoms with E-state index in [-0.39, 0.29) is 0 Å². The van der Waals surface area contributed by atoms with Crippen molar-refractivity contribution in [1.29, 1.82) is 0 Å². The Morgan fingerprint density at radius 2 is 1.16 bits per heavy atom. The van der Waals surface area contributed by atoms with Crippen molar-refractivity contribution in [2.75, 3.05) is 0 Å². The van der Waals surface area contributed by atoms with Gasteiger partial charge in [0.25, 0.3) is 0 Å². The predicted octanol–water partition coefficient (Wildman–Crippen LogP) is 12.1. The number of hydrogen-bond acceptors (Lipinski definition) is 7. The van der Waals surface area contributed by atoms with Gasteiger partial charge in [-0.1, -0.05) is 97.1 Å². The van der Waals surface area contributed by atoms with Crippen molar-refractivity contribution in [3.63, 3.8) is 0 Å². The molecule has 0 saturated heterocycles. The first-order chi connectivity index (χ1) is 25.2. The molecule has 0 bridgehead atoms. The summed E-state index contributed by atoms with van der Waals surface area (Å²) in [5.74, 6) is 2.29. The Morgan fingerprint density at radius 1 is 0.431 bits per heavy atom. The summed E-state index contributed by atoms with van der Waals surface area (Å²) in [6.07, 6.45) is 0. The lowest BCUT2D eigenvalue weighted by Gasteiger charge is -2.09. The van der Waals surface area contributed by atoms with Crippen LogP contribution in [0.25, 0.3) is 110 Å². The molecule has 0 saturated carbocycles. The number of fused-ring (bicyclic) bond motifs is 9. The van der Waals surface area contributed by atoms with E-state index in [0.717, 1.165) is 54.9 Å². The summed E-state index contributed by atoms with van der Waals surface area (Å²) in [5, 5.41) is 6.54. The molecule has 11 rings (SSSR count). The van der Waals surface area contributed by atoms with Gasteiger partial charge in [-0.05, 0) is 59.3 Å². The summed E-state index contributed by atoms with van der Waals surface area (Å²) in [4.78, 5) is 20.1. The van der Waals surface area contributed by atoms with Gasteiger partial charge < -0.3 is 8.83 Å². The minimum atomic E-state index is 0.532. The topological polar surface area (TPSA) is 77.8 Å². The summed E-state index contributed by atoms with van der Waals surface area (Å²) < 4.78 is 15.5. The van der Waals surface area contributed by atoms with E-state index in [4.69, 9.17) is 28.8 Å². The Balaban J connectivity index is 1.09. The molecule has 7 aromatic carbocycles. The molecule has 0 amide bonds. The maximum absolute atomic E-state index is 6.62. The summed E-state index contributed by atoms with van der Waals surface area (Å²) in [6, 6.07) is 49.5. The highest BCUT2D eigenvalue weighted by Gasteiger charge is 2.21. The lowest BCUT2D eigenvalue weighted by molar-refractivity contribution is 0.619. The number of nitrogens with zero attached hydrogens (tertiary/aromatic N) is 4. The highest BCUT2D eigenvalue weighted by atomic mass is 32.1. The van der Waals surface area contributed by atoms with Crippen molar-refractivity contribution in [3.8, 4) is 45.6 Å². The zero-order chi connectivity index (χ0) is 33.5. The molecule has 0 radical (unpaired) electrons. The van der Waals surface area contributed by atoms with E-state index < -0.39 is 0 Å². The highest BCUT2D eigenvalue weighted by Crippen LogP contribution is 2.41. The SMILES string of the molecule is c1ccc(-c2nc(-c3ccc4ccccc4c3)nc(-c3cccc4c3oc3ccc5oc(-c6ccc7sc8ccccc8c7c6)nc5c34)n2)cc1. The second kappa shape index (κ2) is 10.9. The number of benzene rings is 7. The van der Waals surface area contributed by atoms with Gasteiger partial charge in [-0.15, -0.1) is 11.3 Å². The van der Waals surface area contributed by atoms with Crippen LogP contribution in [0.2, 0.25) is 0 Å². The Hall–Kier alpha value is -6.70. The number of rotatable bonds is 4. The third kappa shape index (κ3) is 4.49. The second-order valence-corrected chi connectivity index (χ2v) is 13.7. The fourth-order valence-corrected chi connectivity index (χ4v) is 8.19. The maximum Gasteiger partial charge on any atom is 0.227 e. The molecule has 0 aliphatic heterocycles. The zero-order valence-electron chi connectivity index (χ0n) is 26.9. The van der Waals surface area contributed by atoms with Gasteiger partial charge in [0.15, 0.2) is 23.1 Å². The van der Waals surface area contributed by atoms with Crippen molar-refractivity contribution in [3.05, 3.63) is 146 Å². The molecule has 4 aromatic heterocycles. The normalized spacial score (nSPS) is 11.9. The minimum absolute atomic E-state index is 0.532. The molecule has 0 fully saturated rings.